The van der Waals surface area contributed by atoms with Crippen LogP contribution in [-0.2, 0) is 0 Å². The van der Waals surface area contributed by atoms with E-state index in [0.29, 0.717) is 0 Å². The first kappa shape index (κ1) is 8.74. The smallest absolute Gasteiger partial charge is 0.159 e. The summed E-state index contributed by atoms with van der Waals surface area (Å²) in [5.41, 5.74) is 3.95. The van der Waals surface area contributed by atoms with Gasteiger partial charge in [-0.2, -0.15) is 0 Å². The van der Waals surface area contributed by atoms with Crippen LogP contribution in [0.25, 0.3) is 10.9 Å². The summed E-state index contributed by atoms with van der Waals surface area (Å²) in [6.07, 6.45) is 1.85. The molecule has 0 aliphatic heterocycles. The maximum atomic E-state index is 9.34. The number of hydrogen-bond donors (Lipinski definition) is 3. The van der Waals surface area contributed by atoms with E-state index < -0.39 is 0 Å². The van der Waals surface area contributed by atoms with Gasteiger partial charge in [0, 0.05) is 24.2 Å². The van der Waals surface area contributed by atoms with Crippen LogP contribution in [0.15, 0.2) is 24.4 Å². The fourth-order valence-electron chi connectivity index (χ4n) is 1.47. The van der Waals surface area contributed by atoms with Crippen LogP contribution in [0.2, 0.25) is 0 Å². The van der Waals surface area contributed by atoms with E-state index in [2.05, 4.69) is 5.43 Å². The minimum Gasteiger partial charge on any atom is -0.504 e. The quantitative estimate of drug-likeness (QED) is 0.634. The Morgan fingerprint density at radius 2 is 2.00 bits per heavy atom. The first-order valence-electron chi connectivity index (χ1n) is 4.49. The second-order valence-electron chi connectivity index (χ2n) is 3.10. The lowest BCUT2D eigenvalue weighted by Gasteiger charge is -2.06. The summed E-state index contributed by atoms with van der Waals surface area (Å²) in [5.74, 6) is -0.192. The van der Waals surface area contributed by atoms with E-state index in [4.69, 9.17) is 0 Å². The van der Waals surface area contributed by atoms with Crippen molar-refractivity contribution in [3.05, 3.63) is 24.4 Å². The zero-order valence-electron chi connectivity index (χ0n) is 7.86. The van der Waals surface area contributed by atoms with Crippen molar-refractivity contribution in [3.8, 4) is 11.5 Å². The van der Waals surface area contributed by atoms with Crippen molar-refractivity contribution in [2.75, 3.05) is 12.0 Å². The Labute approximate surface area is 81.4 Å². The number of nitrogens with one attached hydrogen (secondary N) is 1. The predicted molar refractivity (Wildman–Crippen MR) is 55.2 cm³/mol. The SMILES string of the molecule is CCNn1ccc2cc(O)c(O)cc21. The van der Waals surface area contributed by atoms with Gasteiger partial charge in [-0.3, -0.25) is 4.68 Å². The molecule has 0 atom stereocenters. The van der Waals surface area contributed by atoms with Crippen LogP contribution >= 0.6 is 0 Å². The molecule has 4 nitrogen and oxygen atoms in total. The van der Waals surface area contributed by atoms with Crippen molar-refractivity contribution in [2.24, 2.45) is 0 Å². The minimum atomic E-state index is -0.102. The number of aromatic nitrogens is 1. The van der Waals surface area contributed by atoms with Crippen molar-refractivity contribution >= 4 is 10.9 Å². The number of benzene rings is 1. The summed E-state index contributed by atoms with van der Waals surface area (Å²) in [6.45, 7) is 2.79. The molecule has 0 spiro atoms. The van der Waals surface area contributed by atoms with Gasteiger partial charge in [-0.05, 0) is 19.1 Å². The molecule has 74 valence electrons. The largest absolute Gasteiger partial charge is 0.504 e. The van der Waals surface area contributed by atoms with Gasteiger partial charge < -0.3 is 15.6 Å². The molecule has 1 heterocycles. The minimum absolute atomic E-state index is 0.0910. The van der Waals surface area contributed by atoms with Crippen molar-refractivity contribution < 1.29 is 10.2 Å². The molecule has 0 bridgehead atoms. The summed E-state index contributed by atoms with van der Waals surface area (Å²) >= 11 is 0. The highest BCUT2D eigenvalue weighted by atomic mass is 16.3. The fraction of sp³-hybridized carbons (Fsp3) is 0.200. The van der Waals surface area contributed by atoms with Gasteiger partial charge in [0.2, 0.25) is 0 Å². The molecule has 1 aromatic carbocycles. The van der Waals surface area contributed by atoms with E-state index in [1.165, 1.54) is 6.07 Å². The van der Waals surface area contributed by atoms with Crippen molar-refractivity contribution in [1.29, 1.82) is 0 Å². The Balaban J connectivity index is 2.61. The molecule has 0 fully saturated rings. The van der Waals surface area contributed by atoms with Crippen LogP contribution in [0.1, 0.15) is 6.92 Å². The first-order valence-corrected chi connectivity index (χ1v) is 4.49. The highest BCUT2D eigenvalue weighted by Gasteiger charge is 2.05. The fourth-order valence-corrected chi connectivity index (χ4v) is 1.47. The van der Waals surface area contributed by atoms with Gasteiger partial charge in [0.25, 0.3) is 0 Å². The Morgan fingerprint density at radius 1 is 1.29 bits per heavy atom. The highest BCUT2D eigenvalue weighted by Crippen LogP contribution is 2.30. The number of phenols is 2. The lowest BCUT2D eigenvalue weighted by atomic mass is 10.2. The zero-order chi connectivity index (χ0) is 10.1. The van der Waals surface area contributed by atoms with E-state index in [1.807, 2.05) is 23.9 Å². The average molecular weight is 192 g/mol. The number of phenolic OH excluding ortho intramolecular Hbond substituents is 2. The summed E-state index contributed by atoms with van der Waals surface area (Å²) in [6, 6.07) is 4.95. The number of hydrogen-bond acceptors (Lipinski definition) is 3. The molecule has 0 aliphatic carbocycles. The Kier molecular flexibility index (Phi) is 1.96. The number of rotatable bonds is 2. The molecular weight excluding hydrogens is 180 g/mol. The number of fused-ring (bicyclic) bond motifs is 1. The van der Waals surface area contributed by atoms with Gasteiger partial charge in [0.15, 0.2) is 11.5 Å². The van der Waals surface area contributed by atoms with Crippen LogP contribution in [0.5, 0.6) is 11.5 Å². The third kappa shape index (κ3) is 1.25. The van der Waals surface area contributed by atoms with Gasteiger partial charge in [0.1, 0.15) is 0 Å². The molecule has 3 N–H and O–H groups in total. The molecular formula is C10H12N2O2. The summed E-state index contributed by atoms with van der Waals surface area (Å²) in [4.78, 5) is 0. The maximum Gasteiger partial charge on any atom is 0.159 e. The standard InChI is InChI=1S/C10H12N2O2/c1-2-11-12-4-3-7-5-9(13)10(14)6-8(7)12/h3-6,11,13-14H,2H2,1H3. The van der Waals surface area contributed by atoms with Gasteiger partial charge in [0.05, 0.1) is 5.52 Å². The van der Waals surface area contributed by atoms with Crippen molar-refractivity contribution in [2.45, 2.75) is 6.92 Å². The van der Waals surface area contributed by atoms with Crippen LogP contribution in [0.4, 0.5) is 0 Å². The second kappa shape index (κ2) is 3.14. The van der Waals surface area contributed by atoms with Crippen LogP contribution in [0, 0.1) is 0 Å². The molecule has 0 aliphatic rings. The van der Waals surface area contributed by atoms with E-state index in [9.17, 15) is 10.2 Å². The zero-order valence-corrected chi connectivity index (χ0v) is 7.86. The second-order valence-corrected chi connectivity index (χ2v) is 3.10. The topological polar surface area (TPSA) is 57.4 Å². The lowest BCUT2D eigenvalue weighted by Crippen LogP contribution is -2.11. The summed E-state index contributed by atoms with van der Waals surface area (Å²) in [7, 11) is 0. The van der Waals surface area contributed by atoms with Crippen LogP contribution in [0.3, 0.4) is 0 Å². The lowest BCUT2D eigenvalue weighted by molar-refractivity contribution is 0.404. The normalized spacial score (nSPS) is 10.6. The molecule has 0 unspecified atom stereocenters. The summed E-state index contributed by atoms with van der Waals surface area (Å²) in [5, 5.41) is 19.5. The van der Waals surface area contributed by atoms with Gasteiger partial charge >= 0.3 is 0 Å². The Hall–Kier alpha value is -1.84. The molecule has 0 radical (unpaired) electrons. The molecule has 0 saturated heterocycles. The maximum absolute atomic E-state index is 9.34. The van der Waals surface area contributed by atoms with Crippen molar-refractivity contribution in [1.82, 2.24) is 4.68 Å². The van der Waals surface area contributed by atoms with Crippen LogP contribution < -0.4 is 5.43 Å². The Bertz CT molecular complexity index is 462. The summed E-state index contributed by atoms with van der Waals surface area (Å²) < 4.78 is 1.81. The number of nitrogens with zero attached hydrogens (tertiary/aromatic N) is 1. The average Bonchev–Trinajstić information content (AvgIpc) is 2.51. The van der Waals surface area contributed by atoms with Gasteiger partial charge in [-0.1, -0.05) is 0 Å². The number of aromatic hydroxyl groups is 2. The molecule has 2 rings (SSSR count). The Morgan fingerprint density at radius 3 is 2.71 bits per heavy atom. The first-order chi connectivity index (χ1) is 6.72. The third-order valence-corrected chi connectivity index (χ3v) is 2.12. The molecule has 14 heavy (non-hydrogen) atoms. The van der Waals surface area contributed by atoms with E-state index >= 15 is 0 Å². The predicted octanol–water partition coefficient (Wildman–Crippen LogP) is 1.62. The molecule has 1 aromatic heterocycles. The van der Waals surface area contributed by atoms with Gasteiger partial charge in [-0.15, -0.1) is 0 Å². The molecule has 4 heteroatoms. The van der Waals surface area contributed by atoms with E-state index in [0.717, 1.165) is 17.4 Å². The van der Waals surface area contributed by atoms with E-state index in [-0.39, 0.29) is 11.5 Å². The highest BCUT2D eigenvalue weighted by molar-refractivity contribution is 5.84. The van der Waals surface area contributed by atoms with Gasteiger partial charge in [-0.25, -0.2) is 0 Å². The molecule has 0 amide bonds. The van der Waals surface area contributed by atoms with Crippen LogP contribution in [-0.4, -0.2) is 21.4 Å². The third-order valence-electron chi connectivity index (χ3n) is 2.12. The van der Waals surface area contributed by atoms with E-state index in [1.54, 1.807) is 6.07 Å². The molecule has 0 saturated carbocycles. The monoisotopic (exact) mass is 192 g/mol. The van der Waals surface area contributed by atoms with Crippen molar-refractivity contribution in [3.63, 3.8) is 0 Å². The molecule has 2 aromatic rings.